The largest absolute Gasteiger partial charge is 0.390 e. The van der Waals surface area contributed by atoms with E-state index in [9.17, 15) is 25.1 Å². The number of hydrogen-bond donors (Lipinski definition) is 2. The molecule has 2 atom stereocenters. The maximum atomic E-state index is 11.1. The highest BCUT2D eigenvalue weighted by atomic mass is 32.2. The number of nitro groups is 1. The van der Waals surface area contributed by atoms with Crippen LogP contribution in [0.2, 0.25) is 0 Å². The summed E-state index contributed by atoms with van der Waals surface area (Å²) in [4.78, 5) is 21.4. The van der Waals surface area contributed by atoms with Crippen molar-refractivity contribution in [2.45, 2.75) is 25.6 Å². The van der Waals surface area contributed by atoms with Gasteiger partial charge in [-0.05, 0) is 12.5 Å². The van der Waals surface area contributed by atoms with E-state index >= 15 is 0 Å². The van der Waals surface area contributed by atoms with Gasteiger partial charge in [-0.25, -0.2) is 4.68 Å². The summed E-state index contributed by atoms with van der Waals surface area (Å²) in [5.41, 5.74) is 0.496. The zero-order valence-corrected chi connectivity index (χ0v) is 13.7. The molecule has 1 heterocycles. The summed E-state index contributed by atoms with van der Waals surface area (Å²) in [6.07, 6.45) is 0.786. The molecule has 8 nitrogen and oxygen atoms in total. The minimum Gasteiger partial charge on any atom is -0.390 e. The molecule has 24 heavy (non-hydrogen) atoms. The SMILES string of the molecule is CC(=O)SCCC(O)C(O)c1cnn(-c2ccccc2[N+](=O)[O-])c1. The average molecular weight is 351 g/mol. The number of hydrogen-bond acceptors (Lipinski definition) is 7. The molecule has 1 aromatic carbocycles. The van der Waals surface area contributed by atoms with Crippen molar-refractivity contribution in [2.24, 2.45) is 0 Å². The smallest absolute Gasteiger partial charge is 0.294 e. The quantitative estimate of drug-likeness (QED) is 0.577. The van der Waals surface area contributed by atoms with Gasteiger partial charge in [-0.2, -0.15) is 5.10 Å². The fourth-order valence-corrected chi connectivity index (χ4v) is 2.78. The van der Waals surface area contributed by atoms with Gasteiger partial charge in [0.1, 0.15) is 11.8 Å². The van der Waals surface area contributed by atoms with E-state index in [0.717, 1.165) is 11.8 Å². The molecule has 0 aliphatic heterocycles. The summed E-state index contributed by atoms with van der Waals surface area (Å²) in [7, 11) is 0. The number of nitro benzene ring substituents is 1. The number of aliphatic hydroxyl groups excluding tert-OH is 2. The Bertz CT molecular complexity index is 733. The highest BCUT2D eigenvalue weighted by molar-refractivity contribution is 8.13. The van der Waals surface area contributed by atoms with Crippen molar-refractivity contribution in [1.29, 1.82) is 0 Å². The molecular weight excluding hydrogens is 334 g/mol. The minimum atomic E-state index is -1.19. The predicted molar refractivity (Wildman–Crippen MR) is 88.9 cm³/mol. The molecule has 0 radical (unpaired) electrons. The third-order valence-electron chi connectivity index (χ3n) is 3.35. The van der Waals surface area contributed by atoms with Crippen LogP contribution in [0, 0.1) is 10.1 Å². The highest BCUT2D eigenvalue weighted by Crippen LogP contribution is 2.25. The van der Waals surface area contributed by atoms with Gasteiger partial charge in [0.05, 0.1) is 17.2 Å². The van der Waals surface area contributed by atoms with Crippen molar-refractivity contribution >= 4 is 22.6 Å². The Morgan fingerprint density at radius 3 is 2.79 bits per heavy atom. The van der Waals surface area contributed by atoms with Crippen LogP contribution in [0.4, 0.5) is 5.69 Å². The van der Waals surface area contributed by atoms with Gasteiger partial charge in [0, 0.05) is 30.5 Å². The van der Waals surface area contributed by atoms with Crippen LogP contribution in [-0.4, -0.2) is 41.9 Å². The molecule has 2 N–H and O–H groups in total. The van der Waals surface area contributed by atoms with Gasteiger partial charge in [0.25, 0.3) is 5.69 Å². The Labute approximate surface area is 142 Å². The van der Waals surface area contributed by atoms with Gasteiger partial charge < -0.3 is 10.2 Å². The van der Waals surface area contributed by atoms with E-state index in [1.54, 1.807) is 18.2 Å². The molecule has 0 bridgehead atoms. The second kappa shape index (κ2) is 8.04. The highest BCUT2D eigenvalue weighted by Gasteiger charge is 2.22. The molecule has 0 aliphatic rings. The van der Waals surface area contributed by atoms with Crippen molar-refractivity contribution < 1.29 is 19.9 Å². The summed E-state index contributed by atoms with van der Waals surface area (Å²) < 4.78 is 1.29. The normalized spacial score (nSPS) is 13.5. The van der Waals surface area contributed by atoms with E-state index in [-0.39, 0.29) is 22.9 Å². The summed E-state index contributed by atoms with van der Waals surface area (Å²) in [6.45, 7) is 1.43. The van der Waals surface area contributed by atoms with E-state index in [1.165, 1.54) is 30.1 Å². The lowest BCUT2D eigenvalue weighted by molar-refractivity contribution is -0.384. The summed E-state index contributed by atoms with van der Waals surface area (Å²) in [5, 5.41) is 35.2. The summed E-state index contributed by atoms with van der Waals surface area (Å²) in [5.74, 6) is 0.395. The predicted octanol–water partition coefficient (Wildman–Crippen LogP) is 1.84. The van der Waals surface area contributed by atoms with Gasteiger partial charge >= 0.3 is 0 Å². The number of para-hydroxylation sites is 2. The molecule has 0 saturated heterocycles. The monoisotopic (exact) mass is 351 g/mol. The van der Waals surface area contributed by atoms with E-state index in [1.807, 2.05) is 0 Å². The molecule has 2 rings (SSSR count). The van der Waals surface area contributed by atoms with Gasteiger partial charge in [-0.3, -0.25) is 14.9 Å². The molecule has 9 heteroatoms. The lowest BCUT2D eigenvalue weighted by atomic mass is 10.1. The van der Waals surface area contributed by atoms with Gasteiger partial charge in [-0.15, -0.1) is 0 Å². The Morgan fingerprint density at radius 2 is 2.12 bits per heavy atom. The Kier molecular flexibility index (Phi) is 6.07. The van der Waals surface area contributed by atoms with E-state index in [2.05, 4.69) is 5.10 Å². The topological polar surface area (TPSA) is 118 Å². The van der Waals surface area contributed by atoms with Crippen LogP contribution >= 0.6 is 11.8 Å². The minimum absolute atomic E-state index is 0.0547. The number of benzene rings is 1. The van der Waals surface area contributed by atoms with E-state index in [4.69, 9.17) is 0 Å². The van der Waals surface area contributed by atoms with Gasteiger partial charge in [-0.1, -0.05) is 23.9 Å². The number of aliphatic hydroxyl groups is 2. The van der Waals surface area contributed by atoms with Crippen molar-refractivity contribution in [3.8, 4) is 5.69 Å². The third-order valence-corrected chi connectivity index (χ3v) is 4.20. The zero-order chi connectivity index (χ0) is 17.7. The molecular formula is C15H17N3O5S. The number of carbonyl (C=O) groups is 1. The number of thioether (sulfide) groups is 1. The number of aromatic nitrogens is 2. The second-order valence-electron chi connectivity index (χ2n) is 5.10. The van der Waals surface area contributed by atoms with Crippen molar-refractivity contribution in [3.05, 3.63) is 52.3 Å². The van der Waals surface area contributed by atoms with E-state index in [0.29, 0.717) is 11.3 Å². The fraction of sp³-hybridized carbons (Fsp3) is 0.333. The Balaban J connectivity index is 2.13. The van der Waals surface area contributed by atoms with Crippen LogP contribution in [0.15, 0.2) is 36.7 Å². The molecule has 0 saturated carbocycles. The molecule has 128 valence electrons. The lowest BCUT2D eigenvalue weighted by Gasteiger charge is -2.15. The lowest BCUT2D eigenvalue weighted by Crippen LogP contribution is -2.18. The van der Waals surface area contributed by atoms with Crippen LogP contribution in [-0.2, 0) is 4.79 Å². The van der Waals surface area contributed by atoms with Gasteiger partial charge in [0.15, 0.2) is 5.12 Å². The first-order valence-corrected chi connectivity index (χ1v) is 8.16. The standard InChI is InChI=1S/C15H17N3O5S/c1-10(19)24-7-6-14(20)15(21)11-8-16-17(9-11)12-4-2-3-5-13(12)18(22)23/h2-5,8-9,14-15,20-21H,6-7H2,1H3. The zero-order valence-electron chi connectivity index (χ0n) is 12.9. The molecule has 0 aliphatic carbocycles. The molecule has 0 fully saturated rings. The molecule has 0 spiro atoms. The molecule has 2 aromatic rings. The molecule has 2 unspecified atom stereocenters. The molecule has 0 amide bonds. The first kappa shape index (κ1) is 18.1. The van der Waals surface area contributed by atoms with Crippen LogP contribution in [0.5, 0.6) is 0 Å². The number of nitrogens with zero attached hydrogens (tertiary/aromatic N) is 3. The first-order chi connectivity index (χ1) is 11.4. The summed E-state index contributed by atoms with van der Waals surface area (Å²) >= 11 is 1.07. The third kappa shape index (κ3) is 4.40. The summed E-state index contributed by atoms with van der Waals surface area (Å²) in [6, 6.07) is 6.10. The number of rotatable bonds is 7. The first-order valence-electron chi connectivity index (χ1n) is 7.18. The van der Waals surface area contributed by atoms with Crippen LogP contribution in [0.25, 0.3) is 5.69 Å². The van der Waals surface area contributed by atoms with Crippen LogP contribution in [0.1, 0.15) is 25.0 Å². The Hall–Kier alpha value is -2.23. The van der Waals surface area contributed by atoms with E-state index < -0.39 is 17.1 Å². The van der Waals surface area contributed by atoms with Crippen LogP contribution < -0.4 is 0 Å². The van der Waals surface area contributed by atoms with Gasteiger partial charge in [0.2, 0.25) is 0 Å². The second-order valence-corrected chi connectivity index (χ2v) is 6.38. The average Bonchev–Trinajstić information content (AvgIpc) is 3.03. The van der Waals surface area contributed by atoms with Crippen LogP contribution in [0.3, 0.4) is 0 Å². The van der Waals surface area contributed by atoms with Crippen molar-refractivity contribution in [2.75, 3.05) is 5.75 Å². The Morgan fingerprint density at radius 1 is 1.42 bits per heavy atom. The molecule has 1 aromatic heterocycles. The van der Waals surface area contributed by atoms with Crippen molar-refractivity contribution in [3.63, 3.8) is 0 Å². The number of carbonyl (C=O) groups excluding carboxylic acids is 1. The maximum Gasteiger partial charge on any atom is 0.294 e. The van der Waals surface area contributed by atoms with Crippen molar-refractivity contribution in [1.82, 2.24) is 9.78 Å². The maximum absolute atomic E-state index is 11.1. The fourth-order valence-electron chi connectivity index (χ4n) is 2.14.